The van der Waals surface area contributed by atoms with Gasteiger partial charge in [0.25, 0.3) is 0 Å². The monoisotopic (exact) mass is 482 g/mol. The smallest absolute Gasteiger partial charge is 0.233 e. The molecule has 0 aliphatic carbocycles. The predicted octanol–water partition coefficient (Wildman–Crippen LogP) is 5.00. The van der Waals surface area contributed by atoms with Crippen molar-refractivity contribution in [2.24, 2.45) is 7.05 Å². The quantitative estimate of drug-likeness (QED) is 0.295. The van der Waals surface area contributed by atoms with E-state index in [2.05, 4.69) is 21.0 Å². The molecule has 4 aromatic heterocycles. The van der Waals surface area contributed by atoms with Gasteiger partial charge in [0.1, 0.15) is 18.7 Å². The molecule has 0 radical (unpaired) electrons. The molecule has 0 bridgehead atoms. The maximum absolute atomic E-state index is 5.82. The van der Waals surface area contributed by atoms with E-state index < -0.39 is 0 Å². The lowest BCUT2D eigenvalue weighted by Crippen LogP contribution is -2.14. The predicted molar refractivity (Wildman–Crippen MR) is 139 cm³/mol. The van der Waals surface area contributed by atoms with Crippen LogP contribution in [0.4, 0.5) is 17.7 Å². The number of aromatic nitrogens is 6. The van der Waals surface area contributed by atoms with Crippen molar-refractivity contribution >= 4 is 51.2 Å². The third-order valence-corrected chi connectivity index (χ3v) is 6.27. The van der Waals surface area contributed by atoms with Crippen LogP contribution in [0.25, 0.3) is 27.9 Å². The molecule has 6 rings (SSSR count). The Balaban J connectivity index is 1.32. The first-order chi connectivity index (χ1) is 17.3. The van der Waals surface area contributed by atoms with Gasteiger partial charge >= 0.3 is 0 Å². The number of ether oxygens (including phenoxy) is 1. The summed E-state index contributed by atoms with van der Waals surface area (Å²) >= 11 is 1.62. The van der Waals surface area contributed by atoms with Gasteiger partial charge in [0.2, 0.25) is 11.9 Å². The van der Waals surface area contributed by atoms with E-state index in [0.29, 0.717) is 42.0 Å². The molecule has 0 atom stereocenters. The molecule has 4 heterocycles. The highest BCUT2D eigenvalue weighted by Gasteiger charge is 2.16. The van der Waals surface area contributed by atoms with Gasteiger partial charge in [-0.2, -0.15) is 21.3 Å². The first-order valence-electron chi connectivity index (χ1n) is 11.1. The molecule has 2 aromatic carbocycles. The highest BCUT2D eigenvalue weighted by Crippen LogP contribution is 2.26. The maximum Gasteiger partial charge on any atom is 0.233 e. The third kappa shape index (κ3) is 4.15. The van der Waals surface area contributed by atoms with Gasteiger partial charge < -0.3 is 14.6 Å². The number of thiophene rings is 1. The van der Waals surface area contributed by atoms with Crippen molar-refractivity contribution < 1.29 is 4.74 Å². The second kappa shape index (κ2) is 9.07. The molecule has 0 spiro atoms. The number of nitrogens with one attached hydrogen (secondary N) is 2. The van der Waals surface area contributed by atoms with E-state index in [0.717, 1.165) is 22.5 Å². The van der Waals surface area contributed by atoms with Crippen molar-refractivity contribution in [1.82, 2.24) is 29.1 Å². The second-order valence-electron chi connectivity index (χ2n) is 7.86. The highest BCUT2D eigenvalue weighted by atomic mass is 32.1. The van der Waals surface area contributed by atoms with Gasteiger partial charge in [-0.05, 0) is 35.7 Å². The van der Waals surface area contributed by atoms with Crippen molar-refractivity contribution in [2.45, 2.75) is 0 Å². The zero-order valence-electron chi connectivity index (χ0n) is 18.9. The molecule has 0 fully saturated rings. The number of hydrogen-bond acceptors (Lipinski definition) is 8. The van der Waals surface area contributed by atoms with Crippen molar-refractivity contribution in [3.05, 3.63) is 77.8 Å². The number of nitrogens with zero attached hydrogens (tertiary/aromatic N) is 6. The molecule has 0 saturated carbocycles. The summed E-state index contributed by atoms with van der Waals surface area (Å²) in [6.07, 6.45) is 1.77. The van der Waals surface area contributed by atoms with Crippen LogP contribution >= 0.6 is 11.3 Å². The van der Waals surface area contributed by atoms with Gasteiger partial charge in [-0.3, -0.25) is 9.88 Å². The van der Waals surface area contributed by atoms with Crippen molar-refractivity contribution in [2.75, 3.05) is 23.8 Å². The first kappa shape index (κ1) is 21.1. The Morgan fingerprint density at radius 1 is 0.971 bits per heavy atom. The number of hydrogen-bond donors (Lipinski definition) is 2. The van der Waals surface area contributed by atoms with Gasteiger partial charge in [-0.15, -0.1) is 0 Å². The number of fused-ring (bicyclic) bond motifs is 2. The van der Waals surface area contributed by atoms with Crippen LogP contribution in [-0.2, 0) is 7.05 Å². The summed E-state index contributed by atoms with van der Waals surface area (Å²) in [5.74, 6) is 2.54. The minimum absolute atomic E-state index is 0.430. The molecule has 0 amide bonds. The fraction of sp³-hybridized carbons (Fsp3) is 0.120. The van der Waals surface area contributed by atoms with E-state index in [1.165, 1.54) is 0 Å². The molecule has 0 aliphatic heterocycles. The van der Waals surface area contributed by atoms with Crippen LogP contribution in [0, 0.1) is 0 Å². The highest BCUT2D eigenvalue weighted by molar-refractivity contribution is 7.08. The number of para-hydroxylation sites is 3. The van der Waals surface area contributed by atoms with Crippen LogP contribution in [0.15, 0.2) is 77.8 Å². The van der Waals surface area contributed by atoms with Crippen LogP contribution in [0.3, 0.4) is 0 Å². The van der Waals surface area contributed by atoms with Gasteiger partial charge in [0, 0.05) is 12.4 Å². The number of rotatable bonds is 8. The summed E-state index contributed by atoms with van der Waals surface area (Å²) < 4.78 is 9.76. The molecule has 0 saturated heterocycles. The Kier molecular flexibility index (Phi) is 5.47. The summed E-state index contributed by atoms with van der Waals surface area (Å²) in [4.78, 5) is 18.8. The lowest BCUT2D eigenvalue weighted by molar-refractivity contribution is 0.333. The van der Waals surface area contributed by atoms with Crippen LogP contribution in [-0.4, -0.2) is 42.2 Å². The van der Waals surface area contributed by atoms with E-state index in [-0.39, 0.29) is 0 Å². The van der Waals surface area contributed by atoms with Crippen LogP contribution in [0.2, 0.25) is 0 Å². The molecule has 0 unspecified atom stereocenters. The fourth-order valence-corrected chi connectivity index (χ4v) is 4.50. The standard InChI is InChI=1S/C25H22N8OS/c1-32-20-10-6-5-9-19(20)28-25(32)31-24-29-22(26-12-13-34-18-7-3-2-4-8-18)21-23(30-24)33(16-27-21)17-11-14-35-15-17/h2-11,14-16H,12-13H2,1H3,(H2,26,28,29,30,31). The summed E-state index contributed by atoms with van der Waals surface area (Å²) in [6.45, 7) is 1.03. The Hall–Kier alpha value is -4.44. The number of benzene rings is 2. The zero-order valence-corrected chi connectivity index (χ0v) is 19.7. The number of imidazole rings is 2. The van der Waals surface area contributed by atoms with Crippen molar-refractivity contribution in [3.63, 3.8) is 0 Å². The van der Waals surface area contributed by atoms with Crippen molar-refractivity contribution in [3.8, 4) is 11.4 Å². The molecular formula is C25H22N8OS. The largest absolute Gasteiger partial charge is 0.492 e. The second-order valence-corrected chi connectivity index (χ2v) is 8.64. The Morgan fingerprint density at radius 2 is 1.83 bits per heavy atom. The summed E-state index contributed by atoms with van der Waals surface area (Å²) in [5.41, 5.74) is 4.31. The fourth-order valence-electron chi connectivity index (χ4n) is 3.87. The summed E-state index contributed by atoms with van der Waals surface area (Å²) in [7, 11) is 1.96. The zero-order chi connectivity index (χ0) is 23.6. The van der Waals surface area contributed by atoms with E-state index >= 15 is 0 Å². The summed E-state index contributed by atoms with van der Waals surface area (Å²) in [5, 5.41) is 10.7. The molecule has 35 heavy (non-hydrogen) atoms. The van der Waals surface area contributed by atoms with Crippen LogP contribution in [0.1, 0.15) is 0 Å². The minimum atomic E-state index is 0.430. The van der Waals surface area contributed by atoms with E-state index in [1.54, 1.807) is 17.7 Å². The van der Waals surface area contributed by atoms with Crippen molar-refractivity contribution in [1.29, 1.82) is 0 Å². The topological polar surface area (TPSA) is 94.7 Å². The van der Waals surface area contributed by atoms with Gasteiger partial charge in [0.05, 0.1) is 23.3 Å². The minimum Gasteiger partial charge on any atom is -0.492 e. The van der Waals surface area contributed by atoms with E-state index in [9.17, 15) is 0 Å². The Morgan fingerprint density at radius 3 is 2.66 bits per heavy atom. The summed E-state index contributed by atoms with van der Waals surface area (Å²) in [6, 6.07) is 19.8. The molecular weight excluding hydrogens is 460 g/mol. The average molecular weight is 483 g/mol. The van der Waals surface area contributed by atoms with Crippen LogP contribution < -0.4 is 15.4 Å². The van der Waals surface area contributed by atoms with Gasteiger partial charge in [-0.1, -0.05) is 30.3 Å². The lowest BCUT2D eigenvalue weighted by Gasteiger charge is -2.11. The van der Waals surface area contributed by atoms with Crippen LogP contribution in [0.5, 0.6) is 5.75 Å². The maximum atomic E-state index is 5.82. The van der Waals surface area contributed by atoms with E-state index in [1.807, 2.05) is 82.2 Å². The molecule has 9 nitrogen and oxygen atoms in total. The number of anilines is 3. The van der Waals surface area contributed by atoms with Gasteiger partial charge in [0.15, 0.2) is 17.0 Å². The van der Waals surface area contributed by atoms with Gasteiger partial charge in [-0.25, -0.2) is 9.97 Å². The molecule has 174 valence electrons. The lowest BCUT2D eigenvalue weighted by atomic mass is 10.3. The average Bonchev–Trinajstić information content (AvgIpc) is 3.62. The molecule has 2 N–H and O–H groups in total. The number of aryl methyl sites for hydroxylation is 1. The Bertz CT molecular complexity index is 1590. The SMILES string of the molecule is Cn1c(Nc2nc(NCCOc3ccccc3)c3ncn(-c4ccsc4)c3n2)nc2ccccc21. The molecule has 6 aromatic rings. The Labute approximate surface area is 205 Å². The molecule has 0 aliphatic rings. The normalized spacial score (nSPS) is 11.2. The van der Waals surface area contributed by atoms with E-state index in [4.69, 9.17) is 19.7 Å². The third-order valence-electron chi connectivity index (χ3n) is 5.60. The first-order valence-corrected chi connectivity index (χ1v) is 12.1. The molecule has 10 heteroatoms.